The number of hydrogen-bond donors (Lipinski definition) is 4. The van der Waals surface area contributed by atoms with Crippen LogP contribution in [0.1, 0.15) is 20.3 Å². The van der Waals surface area contributed by atoms with Gasteiger partial charge in [0.15, 0.2) is 11.5 Å². The van der Waals surface area contributed by atoms with Crippen molar-refractivity contribution in [3.8, 4) is 0 Å². The molecule has 1 aliphatic heterocycles. The topological polar surface area (TPSA) is 119 Å². The average Bonchev–Trinajstić information content (AvgIpc) is 2.36. The maximum Gasteiger partial charge on any atom is 0.280 e. The molecule has 2 heterocycles. The van der Waals surface area contributed by atoms with Crippen LogP contribution < -0.4 is 16.2 Å². The lowest BCUT2D eigenvalue weighted by molar-refractivity contribution is -0.114. The number of aromatic amines is 1. The third-order valence-corrected chi connectivity index (χ3v) is 2.65. The van der Waals surface area contributed by atoms with Gasteiger partial charge in [0.2, 0.25) is 11.9 Å². The molecule has 0 bridgehead atoms. The van der Waals surface area contributed by atoms with E-state index >= 15 is 0 Å². The van der Waals surface area contributed by atoms with E-state index in [2.05, 4.69) is 25.6 Å². The van der Waals surface area contributed by atoms with Crippen molar-refractivity contribution in [3.05, 3.63) is 10.4 Å². The molecule has 0 unspecified atom stereocenters. The van der Waals surface area contributed by atoms with E-state index in [4.69, 9.17) is 0 Å². The predicted molar refractivity (Wildman–Crippen MR) is 71.0 cm³/mol. The Kier molecular flexibility index (Phi) is 3.61. The number of nitrogens with zero attached hydrogens (tertiary/aromatic N) is 2. The molecular formula is C11H15N5O3. The molecule has 0 aliphatic carbocycles. The summed E-state index contributed by atoms with van der Waals surface area (Å²) < 4.78 is 0. The number of H-pyrrole nitrogens is 1. The predicted octanol–water partition coefficient (Wildman–Crippen LogP) is -0.00280. The summed E-state index contributed by atoms with van der Waals surface area (Å²) in [6, 6.07) is 0. The Morgan fingerprint density at radius 1 is 1.58 bits per heavy atom. The summed E-state index contributed by atoms with van der Waals surface area (Å²) in [4.78, 5) is 33.4. The van der Waals surface area contributed by atoms with Crippen molar-refractivity contribution < 1.29 is 9.90 Å². The van der Waals surface area contributed by atoms with E-state index in [9.17, 15) is 14.7 Å². The Hall–Kier alpha value is -2.22. The molecule has 0 saturated carbocycles. The fourth-order valence-electron chi connectivity index (χ4n) is 1.71. The van der Waals surface area contributed by atoms with Crippen molar-refractivity contribution in [2.45, 2.75) is 26.4 Å². The number of carbonyl (C=O) groups is 1. The van der Waals surface area contributed by atoms with E-state index in [0.29, 0.717) is 24.5 Å². The Morgan fingerprint density at radius 3 is 2.95 bits per heavy atom. The highest BCUT2D eigenvalue weighted by Crippen LogP contribution is 2.23. The van der Waals surface area contributed by atoms with Crippen LogP contribution >= 0.6 is 0 Å². The van der Waals surface area contributed by atoms with Gasteiger partial charge in [0, 0.05) is 6.92 Å². The number of carbonyl (C=O) groups excluding carboxylic acids is 1. The summed E-state index contributed by atoms with van der Waals surface area (Å²) in [6.45, 7) is 3.46. The Labute approximate surface area is 109 Å². The summed E-state index contributed by atoms with van der Waals surface area (Å²) in [7, 11) is 0. The molecule has 4 N–H and O–H groups in total. The molecule has 1 aromatic rings. The van der Waals surface area contributed by atoms with Crippen molar-refractivity contribution in [1.82, 2.24) is 9.97 Å². The zero-order valence-electron chi connectivity index (χ0n) is 10.6. The second-order valence-corrected chi connectivity index (χ2v) is 4.17. The summed E-state index contributed by atoms with van der Waals surface area (Å²) in [5, 5.41) is 15.0. The summed E-state index contributed by atoms with van der Waals surface area (Å²) in [5.41, 5.74) is 0.138. The van der Waals surface area contributed by atoms with Crippen molar-refractivity contribution >= 4 is 29.1 Å². The number of amides is 1. The molecule has 0 radical (unpaired) electrons. The lowest BCUT2D eigenvalue weighted by Gasteiger charge is -2.19. The van der Waals surface area contributed by atoms with E-state index in [1.54, 1.807) is 0 Å². The number of rotatable bonds is 3. The number of aromatic nitrogens is 2. The van der Waals surface area contributed by atoms with Gasteiger partial charge in [-0.1, -0.05) is 6.92 Å². The summed E-state index contributed by atoms with van der Waals surface area (Å²) in [5.74, 6) is 0.0301. The van der Waals surface area contributed by atoms with E-state index in [-0.39, 0.29) is 17.5 Å². The molecule has 0 saturated heterocycles. The molecule has 8 heteroatoms. The highest BCUT2D eigenvalue weighted by atomic mass is 16.3. The monoisotopic (exact) mass is 265 g/mol. The minimum Gasteiger partial charge on any atom is -0.387 e. The normalized spacial score (nSPS) is 15.0. The first-order chi connectivity index (χ1) is 9.01. The minimum absolute atomic E-state index is 0.0680. The fourth-order valence-corrected chi connectivity index (χ4v) is 1.71. The number of aliphatic hydroxyl groups excluding tert-OH is 1. The maximum absolute atomic E-state index is 11.8. The Morgan fingerprint density at radius 2 is 2.32 bits per heavy atom. The number of hydrogen-bond acceptors (Lipinski definition) is 6. The summed E-state index contributed by atoms with van der Waals surface area (Å²) >= 11 is 0. The van der Waals surface area contributed by atoms with Crippen LogP contribution in [0.2, 0.25) is 0 Å². The van der Waals surface area contributed by atoms with Gasteiger partial charge >= 0.3 is 0 Å². The second-order valence-electron chi connectivity index (χ2n) is 4.17. The highest BCUT2D eigenvalue weighted by Gasteiger charge is 2.20. The van der Waals surface area contributed by atoms with E-state index in [1.165, 1.54) is 6.92 Å². The maximum atomic E-state index is 11.8. The molecule has 8 nitrogen and oxygen atoms in total. The van der Waals surface area contributed by atoms with E-state index in [0.717, 1.165) is 0 Å². The quantitative estimate of drug-likeness (QED) is 0.613. The number of anilines is 2. The Balaban J connectivity index is 2.40. The van der Waals surface area contributed by atoms with Crippen molar-refractivity contribution in [2.75, 3.05) is 17.2 Å². The largest absolute Gasteiger partial charge is 0.387 e. The smallest absolute Gasteiger partial charge is 0.280 e. The molecular weight excluding hydrogens is 250 g/mol. The molecule has 1 atom stereocenters. The van der Waals surface area contributed by atoms with Gasteiger partial charge in [-0.25, -0.2) is 4.99 Å². The van der Waals surface area contributed by atoms with Gasteiger partial charge in [0.05, 0.1) is 18.4 Å². The summed E-state index contributed by atoms with van der Waals surface area (Å²) in [6.07, 6.45) is -0.166. The third kappa shape index (κ3) is 2.79. The molecule has 0 aromatic carbocycles. The van der Waals surface area contributed by atoms with Gasteiger partial charge in [0.1, 0.15) is 0 Å². The van der Waals surface area contributed by atoms with Crippen LogP contribution in [0.4, 0.5) is 17.5 Å². The SMILES string of the molecule is CC[C@H](O)C1=Nc2c(nc(NC(C)=O)[nH]c2=O)NC1. The molecule has 2 rings (SSSR count). The zero-order chi connectivity index (χ0) is 14.0. The average molecular weight is 265 g/mol. The van der Waals surface area contributed by atoms with E-state index < -0.39 is 11.7 Å². The van der Waals surface area contributed by atoms with Crippen LogP contribution in [-0.4, -0.2) is 39.3 Å². The molecule has 1 aromatic heterocycles. The number of aliphatic hydroxyl groups is 1. The Bertz CT molecular complexity index is 592. The molecule has 1 aliphatic rings. The number of nitrogens with one attached hydrogen (secondary N) is 3. The first kappa shape index (κ1) is 13.2. The zero-order valence-corrected chi connectivity index (χ0v) is 10.6. The molecule has 0 spiro atoms. The van der Waals surface area contributed by atoms with Crippen molar-refractivity contribution in [1.29, 1.82) is 0 Å². The first-order valence-electron chi connectivity index (χ1n) is 5.92. The van der Waals surface area contributed by atoms with Crippen LogP contribution in [-0.2, 0) is 4.79 Å². The van der Waals surface area contributed by atoms with Crippen LogP contribution in [0.25, 0.3) is 0 Å². The van der Waals surface area contributed by atoms with Gasteiger partial charge < -0.3 is 10.4 Å². The van der Waals surface area contributed by atoms with Gasteiger partial charge in [-0.2, -0.15) is 4.98 Å². The van der Waals surface area contributed by atoms with Crippen LogP contribution in [0.15, 0.2) is 9.79 Å². The fraction of sp³-hybridized carbons (Fsp3) is 0.455. The van der Waals surface area contributed by atoms with Crippen molar-refractivity contribution in [2.24, 2.45) is 4.99 Å². The standard InChI is InChI=1S/C11H15N5O3/c1-3-7(18)6-4-12-9-8(14-6)10(19)16-11(15-9)13-5(2)17/h7,18H,3-4H2,1-2H3,(H3,12,13,15,16,17,19)/t7-/m0/s1. The van der Waals surface area contributed by atoms with Crippen molar-refractivity contribution in [3.63, 3.8) is 0 Å². The van der Waals surface area contributed by atoms with Crippen LogP contribution in [0.3, 0.4) is 0 Å². The van der Waals surface area contributed by atoms with Crippen LogP contribution in [0, 0.1) is 0 Å². The minimum atomic E-state index is -0.685. The number of fused-ring (bicyclic) bond motifs is 1. The van der Waals surface area contributed by atoms with Crippen LogP contribution in [0.5, 0.6) is 0 Å². The number of aliphatic imine (C=N–C) groups is 1. The van der Waals surface area contributed by atoms with Gasteiger partial charge in [-0.3, -0.25) is 19.9 Å². The lowest BCUT2D eigenvalue weighted by atomic mass is 10.1. The highest BCUT2D eigenvalue weighted by molar-refractivity contribution is 5.97. The molecule has 19 heavy (non-hydrogen) atoms. The second kappa shape index (κ2) is 5.19. The lowest BCUT2D eigenvalue weighted by Crippen LogP contribution is -2.31. The van der Waals surface area contributed by atoms with E-state index in [1.807, 2.05) is 6.92 Å². The first-order valence-corrected chi connectivity index (χ1v) is 5.92. The third-order valence-electron chi connectivity index (χ3n) is 2.65. The van der Waals surface area contributed by atoms with Gasteiger partial charge in [-0.05, 0) is 6.42 Å². The molecule has 0 fully saturated rings. The molecule has 102 valence electrons. The molecule has 1 amide bonds. The van der Waals surface area contributed by atoms with Gasteiger partial charge in [0.25, 0.3) is 5.56 Å². The van der Waals surface area contributed by atoms with Gasteiger partial charge in [-0.15, -0.1) is 0 Å².